The van der Waals surface area contributed by atoms with Crippen LogP contribution in [0.4, 0.5) is 11.4 Å². The molecule has 1 unspecified atom stereocenters. The van der Waals surface area contributed by atoms with Crippen LogP contribution in [0.3, 0.4) is 0 Å². The fourth-order valence-electron chi connectivity index (χ4n) is 3.42. The number of nitro groups is 1. The van der Waals surface area contributed by atoms with Crippen molar-refractivity contribution in [3.05, 3.63) is 100 Å². The van der Waals surface area contributed by atoms with Gasteiger partial charge in [-0.2, -0.15) is 0 Å². The maximum Gasteiger partial charge on any atom is 0.271 e. The number of nitro benzene ring substituents is 1. The molecule has 1 heterocycles. The van der Waals surface area contributed by atoms with Gasteiger partial charge < -0.3 is 4.74 Å². The van der Waals surface area contributed by atoms with Crippen molar-refractivity contribution in [3.63, 3.8) is 0 Å². The maximum atomic E-state index is 12.7. The first-order chi connectivity index (χ1) is 16.4. The zero-order chi connectivity index (χ0) is 24.1. The van der Waals surface area contributed by atoms with Gasteiger partial charge in [0.25, 0.3) is 17.5 Å². The molecule has 3 aromatic rings. The van der Waals surface area contributed by atoms with E-state index in [2.05, 4.69) is 10.9 Å². The second kappa shape index (κ2) is 9.92. The molecule has 0 aliphatic carbocycles. The highest BCUT2D eigenvalue weighted by molar-refractivity contribution is 6.22. The smallest absolute Gasteiger partial charge is 0.271 e. The fraction of sp³-hybridized carbons (Fsp3) is 0.125. The number of para-hydroxylation sites is 1. The number of non-ortho nitro benzene ring substituents is 1. The minimum Gasteiger partial charge on any atom is -0.489 e. The largest absolute Gasteiger partial charge is 0.489 e. The number of hydrazine groups is 1. The molecule has 10 heteroatoms. The third kappa shape index (κ3) is 5.08. The Hall–Kier alpha value is -4.57. The zero-order valence-electron chi connectivity index (χ0n) is 17.8. The summed E-state index contributed by atoms with van der Waals surface area (Å²) in [5, 5.41) is 11.0. The lowest BCUT2D eigenvalue weighted by Crippen LogP contribution is -2.48. The predicted octanol–water partition coefficient (Wildman–Crippen LogP) is 2.74. The van der Waals surface area contributed by atoms with Gasteiger partial charge in [0, 0.05) is 17.7 Å². The highest BCUT2D eigenvalue weighted by atomic mass is 16.6. The summed E-state index contributed by atoms with van der Waals surface area (Å²) in [5.74, 6) is -0.882. The van der Waals surface area contributed by atoms with Crippen LogP contribution in [0, 0.1) is 10.1 Å². The SMILES string of the molecule is O=C(NNC1CC(=O)N(c2cccc([N+](=O)[O-])c2)C1=O)c1ccc(COc2ccccc2)cc1. The molecular formula is C24H20N4O6. The van der Waals surface area contributed by atoms with Crippen LogP contribution >= 0.6 is 0 Å². The normalized spacial score (nSPS) is 15.3. The summed E-state index contributed by atoms with van der Waals surface area (Å²) >= 11 is 0. The minimum absolute atomic E-state index is 0.105. The van der Waals surface area contributed by atoms with Gasteiger partial charge >= 0.3 is 0 Å². The Bertz CT molecular complexity index is 1230. The predicted molar refractivity (Wildman–Crippen MR) is 122 cm³/mol. The van der Waals surface area contributed by atoms with Crippen LogP contribution in [-0.2, 0) is 16.2 Å². The van der Waals surface area contributed by atoms with Crippen molar-refractivity contribution >= 4 is 29.1 Å². The minimum atomic E-state index is -0.991. The first kappa shape index (κ1) is 22.6. The van der Waals surface area contributed by atoms with E-state index >= 15 is 0 Å². The number of nitrogens with one attached hydrogen (secondary N) is 2. The van der Waals surface area contributed by atoms with Gasteiger partial charge in [-0.05, 0) is 35.9 Å². The van der Waals surface area contributed by atoms with E-state index in [1.165, 1.54) is 18.2 Å². The lowest BCUT2D eigenvalue weighted by Gasteiger charge is -2.16. The van der Waals surface area contributed by atoms with E-state index in [-0.39, 0.29) is 17.8 Å². The number of rotatable bonds is 8. The van der Waals surface area contributed by atoms with Crippen LogP contribution in [0.15, 0.2) is 78.9 Å². The Morgan fingerprint density at radius 1 is 1.03 bits per heavy atom. The molecule has 1 saturated heterocycles. The van der Waals surface area contributed by atoms with Crippen molar-refractivity contribution in [3.8, 4) is 5.75 Å². The second-order valence-electron chi connectivity index (χ2n) is 7.50. The molecule has 34 heavy (non-hydrogen) atoms. The van der Waals surface area contributed by atoms with E-state index in [0.29, 0.717) is 12.2 Å². The Morgan fingerprint density at radius 2 is 1.76 bits per heavy atom. The van der Waals surface area contributed by atoms with Crippen molar-refractivity contribution in [2.24, 2.45) is 0 Å². The zero-order valence-corrected chi connectivity index (χ0v) is 17.8. The van der Waals surface area contributed by atoms with E-state index < -0.39 is 28.7 Å². The molecule has 0 radical (unpaired) electrons. The van der Waals surface area contributed by atoms with Gasteiger partial charge in [0.05, 0.1) is 17.0 Å². The second-order valence-corrected chi connectivity index (χ2v) is 7.50. The highest BCUT2D eigenvalue weighted by Crippen LogP contribution is 2.26. The van der Waals surface area contributed by atoms with Gasteiger partial charge in [-0.25, -0.2) is 10.3 Å². The molecule has 4 rings (SSSR count). The van der Waals surface area contributed by atoms with Gasteiger partial charge in [0.2, 0.25) is 5.91 Å². The van der Waals surface area contributed by atoms with Crippen molar-refractivity contribution < 1.29 is 24.0 Å². The molecular weight excluding hydrogens is 440 g/mol. The molecule has 0 bridgehead atoms. The van der Waals surface area contributed by atoms with Gasteiger partial charge in [0.1, 0.15) is 18.4 Å². The van der Waals surface area contributed by atoms with E-state index in [0.717, 1.165) is 22.3 Å². The molecule has 3 amide bonds. The van der Waals surface area contributed by atoms with Crippen molar-refractivity contribution in [1.82, 2.24) is 10.9 Å². The molecule has 2 N–H and O–H groups in total. The Balaban J connectivity index is 1.33. The molecule has 1 fully saturated rings. The number of benzene rings is 3. The van der Waals surface area contributed by atoms with Gasteiger partial charge in [-0.15, -0.1) is 0 Å². The van der Waals surface area contributed by atoms with Crippen LogP contribution < -0.4 is 20.5 Å². The summed E-state index contributed by atoms with van der Waals surface area (Å²) in [4.78, 5) is 48.8. The number of carbonyl (C=O) groups is 3. The first-order valence-electron chi connectivity index (χ1n) is 10.4. The summed E-state index contributed by atoms with van der Waals surface area (Å²) < 4.78 is 5.67. The van der Waals surface area contributed by atoms with Gasteiger partial charge in [-0.1, -0.05) is 36.4 Å². The first-order valence-corrected chi connectivity index (χ1v) is 10.4. The number of carbonyl (C=O) groups excluding carboxylic acids is 3. The van der Waals surface area contributed by atoms with Crippen LogP contribution in [0.25, 0.3) is 0 Å². The summed E-state index contributed by atoms with van der Waals surface area (Å²) in [7, 11) is 0. The van der Waals surface area contributed by atoms with Crippen LogP contribution in [0.5, 0.6) is 5.75 Å². The number of nitrogens with zero attached hydrogens (tertiary/aromatic N) is 2. The molecule has 3 aromatic carbocycles. The Morgan fingerprint density at radius 3 is 2.47 bits per heavy atom. The Kier molecular flexibility index (Phi) is 6.60. The van der Waals surface area contributed by atoms with Crippen LogP contribution in [0.1, 0.15) is 22.3 Å². The number of ether oxygens (including phenoxy) is 1. The molecule has 10 nitrogen and oxygen atoms in total. The number of amides is 3. The summed E-state index contributed by atoms with van der Waals surface area (Å²) in [5.41, 5.74) is 6.12. The third-order valence-corrected chi connectivity index (χ3v) is 5.17. The summed E-state index contributed by atoms with van der Waals surface area (Å²) in [6.45, 7) is 0.344. The molecule has 1 aliphatic heterocycles. The van der Waals surface area contributed by atoms with Crippen molar-refractivity contribution in [1.29, 1.82) is 0 Å². The van der Waals surface area contributed by atoms with Crippen molar-refractivity contribution in [2.75, 3.05) is 4.90 Å². The van der Waals surface area contributed by atoms with Crippen molar-refractivity contribution in [2.45, 2.75) is 19.1 Å². The van der Waals surface area contributed by atoms with Crippen LogP contribution in [-0.4, -0.2) is 28.7 Å². The van der Waals surface area contributed by atoms with Gasteiger partial charge in [-0.3, -0.25) is 29.9 Å². The van der Waals surface area contributed by atoms with Gasteiger partial charge in [0.15, 0.2) is 0 Å². The quantitative estimate of drug-likeness (QED) is 0.300. The van der Waals surface area contributed by atoms with E-state index in [9.17, 15) is 24.5 Å². The number of anilines is 1. The summed E-state index contributed by atoms with van der Waals surface area (Å²) in [6, 6.07) is 20.4. The fourth-order valence-corrected chi connectivity index (χ4v) is 3.42. The van der Waals surface area contributed by atoms with E-state index in [4.69, 9.17) is 4.74 Å². The average Bonchev–Trinajstić information content (AvgIpc) is 3.15. The summed E-state index contributed by atoms with van der Waals surface area (Å²) in [6.07, 6.45) is -0.197. The highest BCUT2D eigenvalue weighted by Gasteiger charge is 2.40. The number of hydrogen-bond acceptors (Lipinski definition) is 7. The third-order valence-electron chi connectivity index (χ3n) is 5.17. The van der Waals surface area contributed by atoms with E-state index in [1.807, 2.05) is 30.3 Å². The average molecular weight is 460 g/mol. The van der Waals surface area contributed by atoms with Crippen LogP contribution in [0.2, 0.25) is 0 Å². The monoisotopic (exact) mass is 460 g/mol. The molecule has 0 aromatic heterocycles. The maximum absolute atomic E-state index is 12.7. The molecule has 1 aliphatic rings. The Labute approximate surface area is 194 Å². The van der Waals surface area contributed by atoms with E-state index in [1.54, 1.807) is 24.3 Å². The number of imide groups is 1. The number of hydrogen-bond donors (Lipinski definition) is 2. The lowest BCUT2D eigenvalue weighted by molar-refractivity contribution is -0.384. The molecule has 1 atom stereocenters. The topological polar surface area (TPSA) is 131 Å². The standard InChI is InChI=1S/C24H20N4O6/c29-22-14-21(24(31)27(22)18-5-4-6-19(13-18)28(32)33)25-26-23(30)17-11-9-16(10-12-17)15-34-20-7-2-1-3-8-20/h1-13,21,25H,14-15H2,(H,26,30). The lowest BCUT2D eigenvalue weighted by atomic mass is 10.1. The molecule has 0 saturated carbocycles. The molecule has 0 spiro atoms. The molecule has 172 valence electrons.